The van der Waals surface area contributed by atoms with Gasteiger partial charge in [0.2, 0.25) is 0 Å². The minimum atomic E-state index is 0.469. The summed E-state index contributed by atoms with van der Waals surface area (Å²) in [5.74, 6) is 0. The van der Waals surface area contributed by atoms with E-state index in [1.54, 1.807) is 0 Å². The van der Waals surface area contributed by atoms with Gasteiger partial charge >= 0.3 is 0 Å². The van der Waals surface area contributed by atoms with Crippen molar-refractivity contribution in [3.63, 3.8) is 0 Å². The maximum Gasteiger partial charge on any atom is 0.106 e. The van der Waals surface area contributed by atoms with Crippen molar-refractivity contribution in [2.75, 3.05) is 11.9 Å². The van der Waals surface area contributed by atoms with Gasteiger partial charge in [0.05, 0.1) is 0 Å². The molecule has 1 aliphatic rings. The van der Waals surface area contributed by atoms with E-state index < -0.39 is 0 Å². The summed E-state index contributed by atoms with van der Waals surface area (Å²) in [6.45, 7) is 5.43. The van der Waals surface area contributed by atoms with E-state index in [2.05, 4.69) is 31.3 Å². The Bertz CT molecular complexity index is 462. The highest BCUT2D eigenvalue weighted by Crippen LogP contribution is 2.41. The van der Waals surface area contributed by atoms with Crippen LogP contribution in [0.3, 0.4) is 0 Å². The van der Waals surface area contributed by atoms with Crippen molar-refractivity contribution >= 4 is 22.9 Å². The predicted molar refractivity (Wildman–Crippen MR) is 86.7 cm³/mol. The van der Waals surface area contributed by atoms with Crippen LogP contribution in [-0.4, -0.2) is 11.5 Å². The van der Waals surface area contributed by atoms with Crippen LogP contribution >= 0.6 is 12.2 Å². The first-order chi connectivity index (χ1) is 9.06. The molecule has 3 heteroatoms. The molecule has 1 aliphatic carbocycles. The number of benzene rings is 1. The topological polar surface area (TPSA) is 38.0 Å². The Labute approximate surface area is 121 Å². The van der Waals surface area contributed by atoms with Crippen LogP contribution in [0.1, 0.15) is 50.2 Å². The lowest BCUT2D eigenvalue weighted by atomic mass is 9.83. The lowest BCUT2D eigenvalue weighted by molar-refractivity contribution is 0.307. The number of anilines is 1. The Morgan fingerprint density at radius 1 is 1.37 bits per heavy atom. The molecule has 0 saturated heterocycles. The Balaban J connectivity index is 2.14. The zero-order valence-corrected chi connectivity index (χ0v) is 12.8. The standard InChI is InChI=1S/C16H24N2S/c1-3-16(8-4-5-9-16)11-18-14-10-12(2)6-7-13(14)15(17)19/h6-7,10,18H,3-5,8-9,11H2,1-2H3,(H2,17,19). The summed E-state index contributed by atoms with van der Waals surface area (Å²) < 4.78 is 0. The zero-order valence-electron chi connectivity index (χ0n) is 12.0. The highest BCUT2D eigenvalue weighted by atomic mass is 32.1. The fourth-order valence-corrected chi connectivity index (χ4v) is 3.26. The summed E-state index contributed by atoms with van der Waals surface area (Å²) in [4.78, 5) is 0.472. The van der Waals surface area contributed by atoms with Crippen molar-refractivity contribution in [1.29, 1.82) is 0 Å². The van der Waals surface area contributed by atoms with Crippen LogP contribution < -0.4 is 11.1 Å². The van der Waals surface area contributed by atoms with Crippen LogP contribution in [-0.2, 0) is 0 Å². The maximum absolute atomic E-state index is 5.81. The van der Waals surface area contributed by atoms with Gasteiger partial charge in [0.25, 0.3) is 0 Å². The molecule has 2 rings (SSSR count). The van der Waals surface area contributed by atoms with Gasteiger partial charge in [0, 0.05) is 17.8 Å². The number of rotatable bonds is 5. The van der Waals surface area contributed by atoms with Crippen LogP contribution in [0.25, 0.3) is 0 Å². The van der Waals surface area contributed by atoms with E-state index in [-0.39, 0.29) is 0 Å². The van der Waals surface area contributed by atoms with Crippen molar-refractivity contribution < 1.29 is 0 Å². The van der Waals surface area contributed by atoms with Gasteiger partial charge < -0.3 is 11.1 Å². The van der Waals surface area contributed by atoms with Gasteiger partial charge in [-0.15, -0.1) is 0 Å². The Morgan fingerprint density at radius 2 is 2.05 bits per heavy atom. The van der Waals surface area contributed by atoms with Crippen molar-refractivity contribution in [3.05, 3.63) is 29.3 Å². The first kappa shape index (κ1) is 14.3. The quantitative estimate of drug-likeness (QED) is 0.798. The molecule has 104 valence electrons. The van der Waals surface area contributed by atoms with Crippen LogP contribution in [0.2, 0.25) is 0 Å². The van der Waals surface area contributed by atoms with E-state index in [4.69, 9.17) is 18.0 Å². The Morgan fingerprint density at radius 3 is 2.63 bits per heavy atom. The van der Waals surface area contributed by atoms with Gasteiger partial charge in [-0.3, -0.25) is 0 Å². The second-order valence-corrected chi connectivity index (χ2v) is 6.27. The first-order valence-electron chi connectivity index (χ1n) is 7.21. The van der Waals surface area contributed by atoms with Gasteiger partial charge in [-0.25, -0.2) is 0 Å². The smallest absolute Gasteiger partial charge is 0.106 e. The molecule has 0 heterocycles. The monoisotopic (exact) mass is 276 g/mol. The molecule has 0 spiro atoms. The second kappa shape index (κ2) is 5.91. The molecule has 3 N–H and O–H groups in total. The summed E-state index contributed by atoms with van der Waals surface area (Å²) >= 11 is 5.14. The van der Waals surface area contributed by atoms with E-state index >= 15 is 0 Å². The summed E-state index contributed by atoms with van der Waals surface area (Å²) in [6.07, 6.45) is 6.65. The largest absolute Gasteiger partial charge is 0.389 e. The number of aryl methyl sites for hydroxylation is 1. The molecule has 1 saturated carbocycles. The van der Waals surface area contributed by atoms with E-state index in [1.807, 2.05) is 6.07 Å². The SMILES string of the molecule is CCC1(CNc2cc(C)ccc2C(N)=S)CCCC1. The van der Waals surface area contributed by atoms with E-state index in [9.17, 15) is 0 Å². The normalized spacial score (nSPS) is 17.4. The number of nitrogens with two attached hydrogens (primary N) is 1. The van der Waals surface area contributed by atoms with Crippen LogP contribution in [0.15, 0.2) is 18.2 Å². The predicted octanol–water partition coefficient (Wildman–Crippen LogP) is 4.01. The fraction of sp³-hybridized carbons (Fsp3) is 0.562. The van der Waals surface area contributed by atoms with Crippen molar-refractivity contribution in [1.82, 2.24) is 0 Å². The molecule has 0 aliphatic heterocycles. The highest BCUT2D eigenvalue weighted by Gasteiger charge is 2.31. The molecule has 0 radical (unpaired) electrons. The van der Waals surface area contributed by atoms with Gasteiger partial charge in [-0.2, -0.15) is 0 Å². The summed E-state index contributed by atoms with van der Waals surface area (Å²) in [7, 11) is 0. The fourth-order valence-electron chi connectivity index (χ4n) is 3.08. The number of nitrogens with one attached hydrogen (secondary N) is 1. The Hall–Kier alpha value is -1.09. The summed E-state index contributed by atoms with van der Waals surface area (Å²) in [5.41, 5.74) is 9.56. The third-order valence-electron chi connectivity index (χ3n) is 4.51. The lowest BCUT2D eigenvalue weighted by Gasteiger charge is -2.29. The van der Waals surface area contributed by atoms with Gasteiger partial charge in [0.1, 0.15) is 4.99 Å². The molecule has 0 amide bonds. The minimum absolute atomic E-state index is 0.469. The average Bonchev–Trinajstić information content (AvgIpc) is 2.85. The number of hydrogen-bond donors (Lipinski definition) is 2. The van der Waals surface area contributed by atoms with Crippen LogP contribution in [0.4, 0.5) is 5.69 Å². The average molecular weight is 276 g/mol. The first-order valence-corrected chi connectivity index (χ1v) is 7.61. The maximum atomic E-state index is 5.81. The zero-order chi connectivity index (χ0) is 13.9. The summed E-state index contributed by atoms with van der Waals surface area (Å²) in [6, 6.07) is 6.23. The van der Waals surface area contributed by atoms with Crippen molar-refractivity contribution in [3.8, 4) is 0 Å². The van der Waals surface area contributed by atoms with Crippen molar-refractivity contribution in [2.24, 2.45) is 11.1 Å². The molecule has 0 atom stereocenters. The lowest BCUT2D eigenvalue weighted by Crippen LogP contribution is -2.27. The van der Waals surface area contributed by atoms with E-state index in [1.165, 1.54) is 37.7 Å². The molecule has 1 fully saturated rings. The summed E-state index contributed by atoms with van der Waals surface area (Å²) in [5, 5.41) is 3.60. The van der Waals surface area contributed by atoms with Crippen LogP contribution in [0.5, 0.6) is 0 Å². The molecule has 1 aromatic rings. The molecule has 0 bridgehead atoms. The van der Waals surface area contributed by atoms with E-state index in [0.29, 0.717) is 10.4 Å². The van der Waals surface area contributed by atoms with Gasteiger partial charge in [-0.1, -0.05) is 38.0 Å². The third-order valence-corrected chi connectivity index (χ3v) is 4.73. The number of hydrogen-bond acceptors (Lipinski definition) is 2. The minimum Gasteiger partial charge on any atom is -0.389 e. The number of thiocarbonyl (C=S) groups is 1. The van der Waals surface area contributed by atoms with E-state index in [0.717, 1.165) is 17.8 Å². The van der Waals surface area contributed by atoms with Crippen molar-refractivity contribution in [2.45, 2.75) is 46.0 Å². The van der Waals surface area contributed by atoms with Gasteiger partial charge in [0.15, 0.2) is 0 Å². The third kappa shape index (κ3) is 3.27. The van der Waals surface area contributed by atoms with Crippen LogP contribution in [0, 0.1) is 12.3 Å². The van der Waals surface area contributed by atoms with Gasteiger partial charge in [-0.05, 0) is 49.3 Å². The molecular formula is C16H24N2S. The molecule has 2 nitrogen and oxygen atoms in total. The molecule has 1 aromatic carbocycles. The molecule has 19 heavy (non-hydrogen) atoms. The molecular weight excluding hydrogens is 252 g/mol. The highest BCUT2D eigenvalue weighted by molar-refractivity contribution is 7.80. The Kier molecular flexibility index (Phi) is 4.46. The molecule has 0 aromatic heterocycles. The second-order valence-electron chi connectivity index (χ2n) is 5.83. The molecule has 0 unspecified atom stereocenters.